The van der Waals surface area contributed by atoms with E-state index in [1.807, 2.05) is 0 Å². The summed E-state index contributed by atoms with van der Waals surface area (Å²) in [6, 6.07) is 8.63. The Bertz CT molecular complexity index is 621. The predicted molar refractivity (Wildman–Crippen MR) is 76.0 cm³/mol. The molecule has 1 aromatic carbocycles. The minimum absolute atomic E-state index is 0.202. The SMILES string of the molecule is CN1OC2C(=O)N(c3ccccc3)C(=O)C2[C@H]1NC(=O)CN. The van der Waals surface area contributed by atoms with Gasteiger partial charge in [0.15, 0.2) is 6.10 Å². The van der Waals surface area contributed by atoms with Gasteiger partial charge >= 0.3 is 0 Å². The second-order valence-electron chi connectivity index (χ2n) is 5.16. The molecule has 22 heavy (non-hydrogen) atoms. The summed E-state index contributed by atoms with van der Waals surface area (Å²) in [7, 11) is 1.56. The number of hydroxylamine groups is 2. The van der Waals surface area contributed by atoms with Crippen molar-refractivity contribution >= 4 is 23.4 Å². The molecule has 3 amide bonds. The number of nitrogens with zero attached hydrogens (tertiary/aromatic N) is 2. The molecule has 2 aliphatic rings. The number of nitrogens with two attached hydrogens (primary N) is 1. The Labute approximate surface area is 126 Å². The molecule has 3 rings (SSSR count). The third-order valence-corrected chi connectivity index (χ3v) is 3.82. The van der Waals surface area contributed by atoms with E-state index in [0.29, 0.717) is 5.69 Å². The molecule has 2 heterocycles. The van der Waals surface area contributed by atoms with Gasteiger partial charge < -0.3 is 11.1 Å². The van der Waals surface area contributed by atoms with Gasteiger partial charge in [0.1, 0.15) is 12.1 Å². The molecule has 2 aliphatic heterocycles. The van der Waals surface area contributed by atoms with Gasteiger partial charge in [-0.3, -0.25) is 19.2 Å². The maximum absolute atomic E-state index is 12.6. The summed E-state index contributed by atoms with van der Waals surface area (Å²) in [4.78, 5) is 43.2. The van der Waals surface area contributed by atoms with E-state index in [2.05, 4.69) is 5.32 Å². The van der Waals surface area contributed by atoms with Crippen molar-refractivity contribution in [2.24, 2.45) is 11.7 Å². The first-order chi connectivity index (χ1) is 10.5. The number of para-hydroxylation sites is 1. The van der Waals surface area contributed by atoms with E-state index in [9.17, 15) is 14.4 Å². The van der Waals surface area contributed by atoms with E-state index in [4.69, 9.17) is 10.6 Å². The first-order valence-corrected chi connectivity index (χ1v) is 6.86. The average Bonchev–Trinajstić information content (AvgIpc) is 2.96. The lowest BCUT2D eigenvalue weighted by Crippen LogP contribution is -2.50. The van der Waals surface area contributed by atoms with Crippen molar-refractivity contribution in [2.45, 2.75) is 12.3 Å². The third kappa shape index (κ3) is 2.17. The number of hydrogen-bond donors (Lipinski definition) is 2. The predicted octanol–water partition coefficient (Wildman–Crippen LogP) is -1.18. The number of carbonyl (C=O) groups is 3. The maximum atomic E-state index is 12.6. The van der Waals surface area contributed by atoms with E-state index in [1.165, 1.54) is 5.06 Å². The topological polar surface area (TPSA) is 105 Å². The molecule has 8 heteroatoms. The van der Waals surface area contributed by atoms with Crippen LogP contribution in [0, 0.1) is 5.92 Å². The van der Waals surface area contributed by atoms with Crippen LogP contribution in [0.25, 0.3) is 0 Å². The van der Waals surface area contributed by atoms with Crippen LogP contribution in [0.5, 0.6) is 0 Å². The van der Waals surface area contributed by atoms with Crippen LogP contribution in [0.1, 0.15) is 0 Å². The first-order valence-electron chi connectivity index (χ1n) is 6.86. The van der Waals surface area contributed by atoms with Crippen LogP contribution in [-0.4, -0.2) is 48.6 Å². The van der Waals surface area contributed by atoms with Gasteiger partial charge in [-0.15, -0.1) is 0 Å². The monoisotopic (exact) mass is 304 g/mol. The molecule has 0 bridgehead atoms. The minimum atomic E-state index is -0.930. The standard InChI is InChI=1S/C14H16N4O4/c1-17-12(16-9(19)7-15)10-11(22-17)14(21)18(13(10)20)8-5-3-2-4-6-8/h2-6,10-12H,7,15H2,1H3,(H,16,19)/t10?,11?,12-/m0/s1. The van der Waals surface area contributed by atoms with Gasteiger partial charge in [-0.2, -0.15) is 5.06 Å². The molecule has 8 nitrogen and oxygen atoms in total. The molecular formula is C14H16N4O4. The van der Waals surface area contributed by atoms with Crippen molar-refractivity contribution in [3.63, 3.8) is 0 Å². The number of rotatable bonds is 3. The van der Waals surface area contributed by atoms with Gasteiger partial charge in [-0.1, -0.05) is 18.2 Å². The number of hydrogen-bond acceptors (Lipinski definition) is 6. The van der Waals surface area contributed by atoms with Gasteiger partial charge in [-0.25, -0.2) is 4.90 Å². The molecule has 2 saturated heterocycles. The molecule has 3 atom stereocenters. The van der Waals surface area contributed by atoms with Gasteiger partial charge in [0.25, 0.3) is 5.91 Å². The van der Waals surface area contributed by atoms with Crippen molar-refractivity contribution < 1.29 is 19.2 Å². The molecule has 116 valence electrons. The first kappa shape index (κ1) is 14.6. The lowest BCUT2D eigenvalue weighted by atomic mass is 10.0. The highest BCUT2D eigenvalue weighted by Crippen LogP contribution is 2.36. The molecule has 0 radical (unpaired) electrons. The molecule has 0 spiro atoms. The highest BCUT2D eigenvalue weighted by molar-refractivity contribution is 6.23. The fourth-order valence-corrected chi connectivity index (χ4v) is 2.79. The van der Waals surface area contributed by atoms with Crippen LogP contribution in [0.3, 0.4) is 0 Å². The van der Waals surface area contributed by atoms with Crippen LogP contribution in [0.2, 0.25) is 0 Å². The van der Waals surface area contributed by atoms with Gasteiger partial charge in [0, 0.05) is 7.05 Å². The van der Waals surface area contributed by atoms with E-state index in [1.54, 1.807) is 37.4 Å². The molecule has 0 aromatic heterocycles. The fourth-order valence-electron chi connectivity index (χ4n) is 2.79. The van der Waals surface area contributed by atoms with Crippen molar-refractivity contribution in [2.75, 3.05) is 18.5 Å². The van der Waals surface area contributed by atoms with Gasteiger partial charge in [0.05, 0.1) is 12.2 Å². The van der Waals surface area contributed by atoms with Crippen LogP contribution in [0.15, 0.2) is 30.3 Å². The van der Waals surface area contributed by atoms with E-state index in [0.717, 1.165) is 4.90 Å². The zero-order valence-electron chi connectivity index (χ0n) is 11.9. The number of carbonyl (C=O) groups excluding carboxylic acids is 3. The summed E-state index contributed by atoms with van der Waals surface area (Å²) in [6.45, 7) is -0.202. The average molecular weight is 304 g/mol. The van der Waals surface area contributed by atoms with Crippen LogP contribution < -0.4 is 16.0 Å². The van der Waals surface area contributed by atoms with E-state index in [-0.39, 0.29) is 6.54 Å². The largest absolute Gasteiger partial charge is 0.337 e. The Hall–Kier alpha value is -2.29. The van der Waals surface area contributed by atoms with Crippen molar-refractivity contribution in [3.05, 3.63) is 30.3 Å². The summed E-state index contributed by atoms with van der Waals surface area (Å²) in [5.41, 5.74) is 5.77. The van der Waals surface area contributed by atoms with Crippen LogP contribution in [0.4, 0.5) is 5.69 Å². The van der Waals surface area contributed by atoms with Crippen molar-refractivity contribution in [1.29, 1.82) is 0 Å². The van der Waals surface area contributed by atoms with Crippen molar-refractivity contribution in [3.8, 4) is 0 Å². The lowest BCUT2D eigenvalue weighted by Gasteiger charge is -2.24. The number of fused-ring (bicyclic) bond motifs is 1. The molecule has 2 fully saturated rings. The molecule has 0 saturated carbocycles. The highest BCUT2D eigenvalue weighted by Gasteiger charge is 2.59. The molecular weight excluding hydrogens is 288 g/mol. The second-order valence-corrected chi connectivity index (χ2v) is 5.16. The minimum Gasteiger partial charge on any atom is -0.337 e. The maximum Gasteiger partial charge on any atom is 0.266 e. The van der Waals surface area contributed by atoms with E-state index < -0.39 is 35.9 Å². The Kier molecular flexibility index (Phi) is 3.65. The Balaban J connectivity index is 1.89. The zero-order valence-corrected chi connectivity index (χ0v) is 11.9. The number of anilines is 1. The fraction of sp³-hybridized carbons (Fsp3) is 0.357. The quantitative estimate of drug-likeness (QED) is 0.681. The Morgan fingerprint density at radius 1 is 1.27 bits per heavy atom. The summed E-state index contributed by atoms with van der Waals surface area (Å²) in [6.07, 6.45) is -1.65. The second kappa shape index (κ2) is 5.48. The Morgan fingerprint density at radius 2 is 1.95 bits per heavy atom. The molecule has 1 aromatic rings. The summed E-state index contributed by atoms with van der Waals surface area (Å²) >= 11 is 0. The number of amides is 3. The Morgan fingerprint density at radius 3 is 2.59 bits per heavy atom. The van der Waals surface area contributed by atoms with Crippen molar-refractivity contribution in [1.82, 2.24) is 10.4 Å². The van der Waals surface area contributed by atoms with Crippen LogP contribution in [-0.2, 0) is 19.2 Å². The summed E-state index contributed by atoms with van der Waals surface area (Å²) < 4.78 is 0. The number of imide groups is 1. The van der Waals surface area contributed by atoms with Crippen LogP contribution >= 0.6 is 0 Å². The lowest BCUT2D eigenvalue weighted by molar-refractivity contribution is -0.163. The van der Waals surface area contributed by atoms with Gasteiger partial charge in [-0.05, 0) is 12.1 Å². The number of nitrogens with one attached hydrogen (secondary N) is 1. The normalized spacial score (nSPS) is 28.1. The zero-order chi connectivity index (χ0) is 15.9. The third-order valence-electron chi connectivity index (χ3n) is 3.82. The molecule has 0 aliphatic carbocycles. The molecule has 3 N–H and O–H groups in total. The smallest absolute Gasteiger partial charge is 0.266 e. The number of benzene rings is 1. The van der Waals surface area contributed by atoms with Gasteiger partial charge in [0.2, 0.25) is 11.8 Å². The van der Waals surface area contributed by atoms with E-state index >= 15 is 0 Å². The highest BCUT2D eigenvalue weighted by atomic mass is 16.7. The summed E-state index contributed by atoms with van der Waals surface area (Å²) in [5.74, 6) is -2.03. The molecule has 2 unspecified atom stereocenters. The summed E-state index contributed by atoms with van der Waals surface area (Å²) in [5, 5.41) is 3.93.